The van der Waals surface area contributed by atoms with Gasteiger partial charge in [0.1, 0.15) is 11.9 Å². The number of ether oxygens (including phenoxy) is 2. The van der Waals surface area contributed by atoms with E-state index in [-0.39, 0.29) is 24.8 Å². The van der Waals surface area contributed by atoms with Gasteiger partial charge in [0.15, 0.2) is 0 Å². The van der Waals surface area contributed by atoms with Crippen LogP contribution >= 0.6 is 22.6 Å². The first kappa shape index (κ1) is 25.7. The third-order valence-electron chi connectivity index (χ3n) is 5.88. The Hall–Kier alpha value is -1.55. The number of rotatable bonds is 10. The van der Waals surface area contributed by atoms with E-state index in [9.17, 15) is 14.7 Å². The summed E-state index contributed by atoms with van der Waals surface area (Å²) in [4.78, 5) is 23.5. The van der Waals surface area contributed by atoms with Crippen molar-refractivity contribution in [2.24, 2.45) is 17.8 Å². The minimum Gasteiger partial charge on any atom is -0.497 e. The van der Waals surface area contributed by atoms with Crippen molar-refractivity contribution in [3.8, 4) is 5.75 Å². The molecule has 1 aromatic carbocycles. The largest absolute Gasteiger partial charge is 0.497 e. The van der Waals surface area contributed by atoms with Gasteiger partial charge in [0.05, 0.1) is 12.7 Å². The lowest BCUT2D eigenvalue weighted by molar-refractivity contribution is -0.138. The van der Waals surface area contributed by atoms with Crippen molar-refractivity contribution in [1.82, 2.24) is 5.32 Å². The van der Waals surface area contributed by atoms with Crippen molar-refractivity contribution < 1.29 is 29.3 Å². The molecule has 0 saturated heterocycles. The molecule has 1 saturated carbocycles. The van der Waals surface area contributed by atoms with Gasteiger partial charge in [-0.1, -0.05) is 48.6 Å². The molecule has 4 unspecified atom stereocenters. The summed E-state index contributed by atoms with van der Waals surface area (Å²) in [5, 5.41) is 23.4. The van der Waals surface area contributed by atoms with Gasteiger partial charge < -0.3 is 25.0 Å². The van der Waals surface area contributed by atoms with E-state index in [4.69, 9.17) is 14.6 Å². The average molecular weight is 547 g/mol. The molecule has 0 spiro atoms. The van der Waals surface area contributed by atoms with Crippen molar-refractivity contribution in [2.45, 2.75) is 57.7 Å². The van der Waals surface area contributed by atoms with Gasteiger partial charge in [0.25, 0.3) is 0 Å². The number of carbonyl (C=O) groups excluding carboxylic acids is 1. The molecule has 31 heavy (non-hydrogen) atoms. The predicted molar refractivity (Wildman–Crippen MR) is 127 cm³/mol. The minimum absolute atomic E-state index is 0.00875. The van der Waals surface area contributed by atoms with Gasteiger partial charge in [0.2, 0.25) is 0 Å². The predicted octanol–water partition coefficient (Wildman–Crippen LogP) is 4.35. The second-order valence-corrected chi connectivity index (χ2v) is 9.67. The van der Waals surface area contributed by atoms with Crippen LogP contribution in [0.25, 0.3) is 0 Å². The Morgan fingerprint density at radius 3 is 2.68 bits per heavy atom. The molecule has 7 nitrogen and oxygen atoms in total. The number of carbonyl (C=O) groups is 2. The zero-order chi connectivity index (χ0) is 23.0. The lowest BCUT2D eigenvalue weighted by atomic mass is 9.71. The number of aliphatic hydroxyl groups is 1. The summed E-state index contributed by atoms with van der Waals surface area (Å²) in [5.74, 6) is 0.0426. The molecule has 0 aromatic heterocycles. The summed E-state index contributed by atoms with van der Waals surface area (Å²) >= 11 is 2.29. The molecule has 1 amide bonds. The van der Waals surface area contributed by atoms with Crippen LogP contribution in [0.3, 0.4) is 0 Å². The molecule has 174 valence electrons. The van der Waals surface area contributed by atoms with E-state index in [1.807, 2.05) is 38.1 Å². The molecule has 0 radical (unpaired) electrons. The maximum Gasteiger partial charge on any atom is 0.407 e. The van der Waals surface area contributed by atoms with Crippen LogP contribution < -0.4 is 10.1 Å². The average Bonchev–Trinajstić information content (AvgIpc) is 2.71. The normalized spacial score (nSPS) is 24.5. The number of carboxylic acid groups (broad SMARTS) is 1. The number of halogens is 1. The van der Waals surface area contributed by atoms with E-state index in [1.54, 1.807) is 7.11 Å². The number of benzene rings is 1. The molecule has 1 aliphatic rings. The maximum absolute atomic E-state index is 12.4. The van der Waals surface area contributed by atoms with Gasteiger partial charge in [-0.05, 0) is 48.8 Å². The molecule has 4 atom stereocenters. The van der Waals surface area contributed by atoms with Crippen molar-refractivity contribution in [1.29, 1.82) is 0 Å². The van der Waals surface area contributed by atoms with Crippen LogP contribution in [-0.4, -0.2) is 46.5 Å². The maximum atomic E-state index is 12.4. The van der Waals surface area contributed by atoms with Gasteiger partial charge in [0, 0.05) is 29.7 Å². The first-order chi connectivity index (χ1) is 14.7. The Morgan fingerprint density at radius 1 is 1.32 bits per heavy atom. The number of methoxy groups -OCH3 is 1. The summed E-state index contributed by atoms with van der Waals surface area (Å²) < 4.78 is 11.7. The molecule has 1 aliphatic carbocycles. The lowest BCUT2D eigenvalue weighted by Gasteiger charge is -2.42. The van der Waals surface area contributed by atoms with Crippen molar-refractivity contribution >= 4 is 34.7 Å². The number of carboxylic acids is 1. The Morgan fingerprint density at radius 2 is 2.06 bits per heavy atom. The Balaban J connectivity index is 2.01. The highest BCUT2D eigenvalue weighted by Crippen LogP contribution is 2.44. The monoisotopic (exact) mass is 547 g/mol. The van der Waals surface area contributed by atoms with Crippen molar-refractivity contribution in [2.75, 3.05) is 18.1 Å². The number of alkyl halides is 1. The lowest BCUT2D eigenvalue weighted by Crippen LogP contribution is -2.46. The van der Waals surface area contributed by atoms with Crippen LogP contribution in [0.1, 0.15) is 51.5 Å². The fourth-order valence-corrected chi connectivity index (χ4v) is 5.54. The first-order valence-corrected chi connectivity index (χ1v) is 12.3. The minimum atomic E-state index is -1.11. The summed E-state index contributed by atoms with van der Waals surface area (Å²) in [7, 11) is 1.59. The molecule has 1 fully saturated rings. The highest BCUT2D eigenvalue weighted by atomic mass is 127. The van der Waals surface area contributed by atoms with Crippen LogP contribution in [-0.2, 0) is 15.1 Å². The van der Waals surface area contributed by atoms with Crippen LogP contribution in [0.2, 0.25) is 0 Å². The van der Waals surface area contributed by atoms with Gasteiger partial charge in [-0.25, -0.2) is 4.79 Å². The standard InChI is InChI=1S/C23H34INO6/c1-15(2)9-16(10-21(26)27)14-25-22(28)31-20-8-7-18(13-24)23(29,12-20)17-5-4-6-19(11-17)30-3/h4-6,11,15-16,18,20,29H,7-10,12-14H2,1-3H3,(H,25,28)(H,26,27). The third kappa shape index (κ3) is 7.52. The van der Waals surface area contributed by atoms with Gasteiger partial charge >= 0.3 is 12.1 Å². The molecule has 1 aromatic rings. The van der Waals surface area contributed by atoms with E-state index in [0.717, 1.165) is 16.4 Å². The molecule has 0 bridgehead atoms. The molecule has 0 heterocycles. The van der Waals surface area contributed by atoms with Gasteiger partial charge in [-0.15, -0.1) is 0 Å². The van der Waals surface area contributed by atoms with E-state index in [0.29, 0.717) is 30.9 Å². The second kappa shape index (κ2) is 11.9. The Labute approximate surface area is 198 Å². The number of nitrogens with one attached hydrogen (secondary N) is 1. The summed E-state index contributed by atoms with van der Waals surface area (Å²) in [5.41, 5.74) is -0.344. The van der Waals surface area contributed by atoms with Crippen molar-refractivity contribution in [3.05, 3.63) is 29.8 Å². The highest BCUT2D eigenvalue weighted by Gasteiger charge is 2.44. The van der Waals surface area contributed by atoms with Crippen LogP contribution in [0.4, 0.5) is 4.79 Å². The zero-order valence-corrected chi connectivity index (χ0v) is 20.6. The van der Waals surface area contributed by atoms with Gasteiger partial charge in [-0.3, -0.25) is 4.79 Å². The molecule has 2 rings (SSSR count). The summed E-state index contributed by atoms with van der Waals surface area (Å²) in [6.45, 7) is 4.31. The van der Waals surface area contributed by atoms with E-state index < -0.39 is 23.8 Å². The SMILES string of the molecule is COc1cccc(C2(O)CC(OC(=O)NCC(CC(=O)O)CC(C)C)CCC2CI)c1. The number of aliphatic carboxylic acids is 1. The third-order valence-corrected chi connectivity index (χ3v) is 6.95. The highest BCUT2D eigenvalue weighted by molar-refractivity contribution is 14.1. The zero-order valence-electron chi connectivity index (χ0n) is 18.5. The van der Waals surface area contributed by atoms with E-state index >= 15 is 0 Å². The Kier molecular flexibility index (Phi) is 9.87. The van der Waals surface area contributed by atoms with Crippen LogP contribution in [0, 0.1) is 17.8 Å². The number of alkyl carbamates (subject to hydrolysis) is 1. The smallest absolute Gasteiger partial charge is 0.407 e. The number of hydrogen-bond donors (Lipinski definition) is 3. The van der Waals surface area contributed by atoms with Crippen molar-refractivity contribution in [3.63, 3.8) is 0 Å². The van der Waals surface area contributed by atoms with Crippen LogP contribution in [0.5, 0.6) is 5.75 Å². The molecule has 0 aliphatic heterocycles. The quantitative estimate of drug-likeness (QED) is 0.297. The topological polar surface area (TPSA) is 105 Å². The summed E-state index contributed by atoms with van der Waals surface area (Å²) in [6, 6.07) is 7.41. The molecule has 8 heteroatoms. The van der Waals surface area contributed by atoms with E-state index in [2.05, 4.69) is 27.9 Å². The second-order valence-electron chi connectivity index (χ2n) is 8.79. The number of hydrogen-bond acceptors (Lipinski definition) is 5. The summed E-state index contributed by atoms with van der Waals surface area (Å²) in [6.07, 6.45) is 1.47. The molecule has 3 N–H and O–H groups in total. The fourth-order valence-electron chi connectivity index (χ4n) is 4.37. The molecular weight excluding hydrogens is 513 g/mol. The fraction of sp³-hybridized carbons (Fsp3) is 0.652. The number of amides is 1. The van der Waals surface area contributed by atoms with E-state index in [1.165, 1.54) is 0 Å². The van der Waals surface area contributed by atoms with Gasteiger partial charge in [-0.2, -0.15) is 0 Å². The first-order valence-electron chi connectivity index (χ1n) is 10.8. The Bertz CT molecular complexity index is 743. The molecular formula is C23H34INO6. The van der Waals surface area contributed by atoms with Crippen LogP contribution in [0.15, 0.2) is 24.3 Å².